The molecule has 0 aliphatic heterocycles. The van der Waals surface area contributed by atoms with E-state index in [0.717, 1.165) is 7.11 Å². The number of methoxy groups -OCH3 is 1. The molecule has 4 aromatic rings. The van der Waals surface area contributed by atoms with Gasteiger partial charge in [-0.3, -0.25) is 20.0 Å². The molecule has 0 bridgehead atoms. The first-order chi connectivity index (χ1) is 16.6. The van der Waals surface area contributed by atoms with E-state index < -0.39 is 35.0 Å². The number of H-pyrrole nitrogens is 1. The number of hydrogen-bond donors (Lipinski definition) is 3. The van der Waals surface area contributed by atoms with Crippen LogP contribution in [0.15, 0.2) is 59.4 Å². The van der Waals surface area contributed by atoms with Crippen LogP contribution in [0.5, 0.6) is 0 Å². The zero-order valence-corrected chi connectivity index (χ0v) is 18.4. The van der Waals surface area contributed by atoms with Gasteiger partial charge in [-0.2, -0.15) is 17.7 Å². The van der Waals surface area contributed by atoms with Gasteiger partial charge < -0.3 is 10.1 Å². The molecule has 0 atom stereocenters. The van der Waals surface area contributed by atoms with Crippen LogP contribution in [-0.4, -0.2) is 33.7 Å². The predicted octanol–water partition coefficient (Wildman–Crippen LogP) is 4.45. The maximum absolute atomic E-state index is 13.8. The number of nitrogens with zero attached hydrogens (tertiary/aromatic N) is 2. The molecular weight excluding hydrogens is 467 g/mol. The minimum absolute atomic E-state index is 0.0733. The highest BCUT2D eigenvalue weighted by atomic mass is 19.4. The van der Waals surface area contributed by atoms with Crippen molar-refractivity contribution in [2.75, 3.05) is 17.7 Å². The van der Waals surface area contributed by atoms with E-state index in [1.807, 2.05) is 0 Å². The molecule has 0 radical (unpaired) electrons. The molecule has 0 spiro atoms. The second-order valence-corrected chi connectivity index (χ2v) is 7.38. The second kappa shape index (κ2) is 8.97. The van der Waals surface area contributed by atoms with Gasteiger partial charge in [-0.05, 0) is 24.6 Å². The van der Waals surface area contributed by atoms with Crippen molar-refractivity contribution in [1.82, 2.24) is 14.6 Å². The van der Waals surface area contributed by atoms with Gasteiger partial charge in [-0.1, -0.05) is 42.5 Å². The first kappa shape index (κ1) is 23.5. The van der Waals surface area contributed by atoms with Gasteiger partial charge in [0.1, 0.15) is 11.3 Å². The van der Waals surface area contributed by atoms with Crippen LogP contribution in [0, 0.1) is 6.92 Å². The summed E-state index contributed by atoms with van der Waals surface area (Å²) in [5.74, 6) is -0.919. The van der Waals surface area contributed by atoms with Gasteiger partial charge in [0, 0.05) is 0 Å². The Hall–Kier alpha value is -4.61. The zero-order valence-electron chi connectivity index (χ0n) is 18.4. The van der Waals surface area contributed by atoms with Gasteiger partial charge in [-0.25, -0.2) is 9.78 Å². The number of ether oxygens (including phenoxy) is 1. The van der Waals surface area contributed by atoms with Crippen molar-refractivity contribution in [2.24, 2.45) is 0 Å². The van der Waals surface area contributed by atoms with Crippen molar-refractivity contribution in [3.8, 4) is 11.1 Å². The number of alkyl halides is 3. The Kier molecular flexibility index (Phi) is 6.03. The van der Waals surface area contributed by atoms with Crippen molar-refractivity contribution in [1.29, 1.82) is 0 Å². The summed E-state index contributed by atoms with van der Waals surface area (Å²) in [4.78, 5) is 42.0. The fourth-order valence-electron chi connectivity index (χ4n) is 3.57. The first-order valence-electron chi connectivity index (χ1n) is 10.1. The fourth-order valence-corrected chi connectivity index (χ4v) is 3.57. The Balaban J connectivity index is 1.84. The summed E-state index contributed by atoms with van der Waals surface area (Å²) in [6.45, 7) is 1.35. The summed E-state index contributed by atoms with van der Waals surface area (Å²) < 4.78 is 46.6. The van der Waals surface area contributed by atoms with E-state index >= 15 is 0 Å². The number of carbonyl (C=O) groups is 2. The van der Waals surface area contributed by atoms with Crippen LogP contribution in [0.4, 0.5) is 29.3 Å². The summed E-state index contributed by atoms with van der Waals surface area (Å²) in [5, 5.41) is 6.97. The molecule has 0 aliphatic rings. The Morgan fingerprint density at radius 3 is 2.20 bits per heavy atom. The van der Waals surface area contributed by atoms with Crippen LogP contribution in [-0.2, 0) is 10.9 Å². The fraction of sp³-hybridized carbons (Fsp3) is 0.130. The Labute approximate surface area is 195 Å². The highest BCUT2D eigenvalue weighted by Crippen LogP contribution is 2.38. The van der Waals surface area contributed by atoms with Crippen molar-refractivity contribution in [3.63, 3.8) is 0 Å². The number of aromatic amines is 1. The Bertz CT molecular complexity index is 1490. The van der Waals surface area contributed by atoms with Crippen LogP contribution in [0.2, 0.25) is 0 Å². The van der Waals surface area contributed by atoms with Crippen molar-refractivity contribution < 1.29 is 27.5 Å². The van der Waals surface area contributed by atoms with Crippen molar-refractivity contribution >= 4 is 29.0 Å². The molecule has 0 fully saturated rings. The van der Waals surface area contributed by atoms with Crippen LogP contribution >= 0.6 is 0 Å². The number of aromatic nitrogens is 3. The Morgan fingerprint density at radius 1 is 1.00 bits per heavy atom. The number of halogens is 3. The quantitative estimate of drug-likeness (QED) is 0.395. The standard InChI is InChI=1S/C23H18F3N5O4/c1-12-16(20(32)28-14-10-6-7-11-15(14)29-22(34)35-2)21(33)31-19(27-12)17(13-8-4-3-5-9-13)18(30-31)23(24,25)26/h3-11,30H,1-2H3,(H,28,32)(H,29,34). The number of hydrogen-bond acceptors (Lipinski definition) is 5. The number of rotatable bonds is 4. The average molecular weight is 485 g/mol. The number of anilines is 2. The number of benzene rings is 2. The number of nitrogens with one attached hydrogen (secondary N) is 3. The van der Waals surface area contributed by atoms with Gasteiger partial charge in [0.15, 0.2) is 5.65 Å². The molecule has 35 heavy (non-hydrogen) atoms. The van der Waals surface area contributed by atoms with Gasteiger partial charge in [-0.15, -0.1) is 0 Å². The highest BCUT2D eigenvalue weighted by molar-refractivity contribution is 6.07. The third kappa shape index (κ3) is 4.45. The second-order valence-electron chi connectivity index (χ2n) is 7.38. The molecule has 0 unspecified atom stereocenters. The van der Waals surface area contributed by atoms with E-state index in [0.29, 0.717) is 4.52 Å². The molecular formula is C23H18F3N5O4. The van der Waals surface area contributed by atoms with E-state index in [2.05, 4.69) is 25.5 Å². The molecule has 2 heterocycles. The SMILES string of the molecule is COC(=O)Nc1ccccc1NC(=O)c1c(C)nc2c(-c3ccccc3)c(C(F)(F)F)[nH]n2c1=O. The van der Waals surface area contributed by atoms with E-state index in [1.165, 1.54) is 31.2 Å². The molecule has 3 N–H and O–H groups in total. The minimum atomic E-state index is -4.82. The molecule has 0 aliphatic carbocycles. The van der Waals surface area contributed by atoms with Crippen molar-refractivity contribution in [2.45, 2.75) is 13.1 Å². The summed E-state index contributed by atoms with van der Waals surface area (Å²) >= 11 is 0. The minimum Gasteiger partial charge on any atom is -0.453 e. The third-order valence-electron chi connectivity index (χ3n) is 5.13. The smallest absolute Gasteiger partial charge is 0.433 e. The van der Waals surface area contributed by atoms with Crippen molar-refractivity contribution in [3.05, 3.63) is 81.9 Å². The zero-order chi connectivity index (χ0) is 25.3. The average Bonchev–Trinajstić information content (AvgIpc) is 3.21. The third-order valence-corrected chi connectivity index (χ3v) is 5.13. The molecule has 0 saturated carbocycles. The van der Waals surface area contributed by atoms with E-state index in [9.17, 15) is 27.6 Å². The molecule has 0 saturated heterocycles. The highest BCUT2D eigenvalue weighted by Gasteiger charge is 2.38. The van der Waals surface area contributed by atoms with E-state index in [-0.39, 0.29) is 33.8 Å². The summed E-state index contributed by atoms with van der Waals surface area (Å²) in [6, 6.07) is 13.8. The van der Waals surface area contributed by atoms with Gasteiger partial charge in [0.2, 0.25) is 0 Å². The normalized spacial score (nSPS) is 11.3. The lowest BCUT2D eigenvalue weighted by molar-refractivity contribution is -0.140. The van der Waals surface area contributed by atoms with Crippen LogP contribution in [0.1, 0.15) is 21.7 Å². The molecule has 4 rings (SSSR count). The van der Waals surface area contributed by atoms with E-state index in [4.69, 9.17) is 0 Å². The molecule has 2 aromatic heterocycles. The molecule has 2 amide bonds. The number of para-hydroxylation sites is 2. The lowest BCUT2D eigenvalue weighted by Gasteiger charge is -2.12. The Morgan fingerprint density at radius 2 is 1.60 bits per heavy atom. The lowest BCUT2D eigenvalue weighted by Crippen LogP contribution is -2.29. The predicted molar refractivity (Wildman–Crippen MR) is 121 cm³/mol. The maximum Gasteiger partial charge on any atom is 0.433 e. The largest absolute Gasteiger partial charge is 0.453 e. The number of carbonyl (C=O) groups excluding carboxylic acids is 2. The lowest BCUT2D eigenvalue weighted by atomic mass is 10.1. The van der Waals surface area contributed by atoms with E-state index in [1.54, 1.807) is 30.3 Å². The number of aryl methyl sites for hydroxylation is 1. The molecule has 2 aromatic carbocycles. The molecule has 180 valence electrons. The summed E-state index contributed by atoms with van der Waals surface area (Å²) in [7, 11) is 1.16. The number of fused-ring (bicyclic) bond motifs is 1. The summed E-state index contributed by atoms with van der Waals surface area (Å²) in [5.41, 5.74) is -2.78. The van der Waals surface area contributed by atoms with Crippen LogP contribution < -0.4 is 16.2 Å². The molecule has 9 nitrogen and oxygen atoms in total. The summed E-state index contributed by atoms with van der Waals surface area (Å²) in [6.07, 6.45) is -5.61. The van der Waals surface area contributed by atoms with Crippen LogP contribution in [0.25, 0.3) is 16.8 Å². The van der Waals surface area contributed by atoms with Crippen LogP contribution in [0.3, 0.4) is 0 Å². The van der Waals surface area contributed by atoms with Gasteiger partial charge in [0.25, 0.3) is 11.5 Å². The van der Waals surface area contributed by atoms with Gasteiger partial charge in [0.05, 0.1) is 29.7 Å². The first-order valence-corrected chi connectivity index (χ1v) is 10.1. The monoisotopic (exact) mass is 485 g/mol. The maximum atomic E-state index is 13.8. The molecule has 12 heteroatoms. The van der Waals surface area contributed by atoms with Gasteiger partial charge >= 0.3 is 12.3 Å². The number of amides is 2. The topological polar surface area (TPSA) is 118 Å².